The molecule has 0 aromatic heterocycles. The predicted octanol–water partition coefficient (Wildman–Crippen LogP) is 3.59. The summed E-state index contributed by atoms with van der Waals surface area (Å²) in [6.07, 6.45) is 0. The van der Waals surface area contributed by atoms with Gasteiger partial charge in [-0.05, 0) is 35.6 Å². The maximum atomic E-state index is 12.2. The molecule has 1 atom stereocenters. The van der Waals surface area contributed by atoms with Crippen molar-refractivity contribution in [2.45, 2.75) is 39.2 Å². The van der Waals surface area contributed by atoms with Crippen molar-refractivity contribution >= 4 is 11.8 Å². The largest absolute Gasteiger partial charge is 0.348 e. The molecule has 0 heterocycles. The van der Waals surface area contributed by atoms with Crippen molar-refractivity contribution in [2.24, 2.45) is 0 Å². The molecule has 0 fully saturated rings. The quantitative estimate of drug-likeness (QED) is 0.875. The number of hydrogen-bond donors (Lipinski definition) is 2. The van der Waals surface area contributed by atoms with Gasteiger partial charge in [0.15, 0.2) is 0 Å². The van der Waals surface area contributed by atoms with Crippen LogP contribution in [0.25, 0.3) is 0 Å². The van der Waals surface area contributed by atoms with Gasteiger partial charge in [-0.15, -0.1) is 0 Å². The summed E-state index contributed by atoms with van der Waals surface area (Å²) in [6, 6.07) is 17.1. The minimum atomic E-state index is -0.247. The average molecular weight is 338 g/mol. The van der Waals surface area contributed by atoms with E-state index in [0.29, 0.717) is 5.56 Å². The lowest BCUT2D eigenvalue weighted by atomic mass is 9.87. The van der Waals surface area contributed by atoms with E-state index >= 15 is 0 Å². The van der Waals surface area contributed by atoms with Crippen molar-refractivity contribution < 1.29 is 9.59 Å². The molecule has 4 heteroatoms. The molecule has 2 aromatic rings. The highest BCUT2D eigenvalue weighted by Gasteiger charge is 2.15. The van der Waals surface area contributed by atoms with E-state index in [9.17, 15) is 9.59 Å². The van der Waals surface area contributed by atoms with E-state index in [1.807, 2.05) is 49.4 Å². The third-order valence-electron chi connectivity index (χ3n) is 4.10. The predicted molar refractivity (Wildman–Crippen MR) is 100 cm³/mol. The van der Waals surface area contributed by atoms with Gasteiger partial charge in [-0.1, -0.05) is 63.2 Å². The molecule has 2 N–H and O–H groups in total. The number of rotatable bonds is 5. The van der Waals surface area contributed by atoms with Gasteiger partial charge < -0.3 is 10.6 Å². The van der Waals surface area contributed by atoms with Crippen molar-refractivity contribution in [3.8, 4) is 0 Å². The molecule has 2 rings (SSSR count). The van der Waals surface area contributed by atoms with Crippen LogP contribution in [0.2, 0.25) is 0 Å². The van der Waals surface area contributed by atoms with Gasteiger partial charge in [0.1, 0.15) is 0 Å². The summed E-state index contributed by atoms with van der Waals surface area (Å²) in [5.74, 6) is -0.459. The second-order valence-corrected chi connectivity index (χ2v) is 7.21. The van der Waals surface area contributed by atoms with Gasteiger partial charge in [-0.3, -0.25) is 9.59 Å². The summed E-state index contributed by atoms with van der Waals surface area (Å²) in [5, 5.41) is 5.54. The zero-order valence-corrected chi connectivity index (χ0v) is 15.3. The third kappa shape index (κ3) is 5.45. The Morgan fingerprint density at radius 3 is 2.12 bits per heavy atom. The van der Waals surface area contributed by atoms with Crippen LogP contribution in [0.15, 0.2) is 54.6 Å². The lowest BCUT2D eigenvalue weighted by Gasteiger charge is -2.19. The summed E-state index contributed by atoms with van der Waals surface area (Å²) in [7, 11) is 0. The molecular weight excluding hydrogens is 312 g/mol. The van der Waals surface area contributed by atoms with Gasteiger partial charge in [0.25, 0.3) is 5.91 Å². The number of amides is 2. The Balaban J connectivity index is 1.86. The second-order valence-electron chi connectivity index (χ2n) is 7.21. The van der Waals surface area contributed by atoms with E-state index in [1.54, 1.807) is 12.1 Å². The zero-order chi connectivity index (χ0) is 18.4. The molecule has 132 valence electrons. The standard InChI is InChI=1S/C21H26N2O2/c1-15(16-8-6-5-7-9-16)23-19(24)14-22-20(25)17-10-12-18(13-11-17)21(2,3)4/h5-13,15H,14H2,1-4H3,(H,22,25)(H,23,24). The monoisotopic (exact) mass is 338 g/mol. The van der Waals surface area contributed by atoms with Crippen molar-refractivity contribution in [2.75, 3.05) is 6.54 Å². The van der Waals surface area contributed by atoms with Crippen LogP contribution in [-0.2, 0) is 10.2 Å². The maximum Gasteiger partial charge on any atom is 0.251 e. The van der Waals surface area contributed by atoms with E-state index in [1.165, 1.54) is 5.56 Å². The summed E-state index contributed by atoms with van der Waals surface area (Å²) in [4.78, 5) is 24.2. The number of hydrogen-bond acceptors (Lipinski definition) is 2. The third-order valence-corrected chi connectivity index (χ3v) is 4.10. The van der Waals surface area contributed by atoms with Gasteiger partial charge in [0.05, 0.1) is 12.6 Å². The molecule has 0 aliphatic carbocycles. The number of benzene rings is 2. The summed E-state index contributed by atoms with van der Waals surface area (Å²) in [5.41, 5.74) is 2.79. The number of carbonyl (C=O) groups excluding carboxylic acids is 2. The fraction of sp³-hybridized carbons (Fsp3) is 0.333. The first-order valence-corrected chi connectivity index (χ1v) is 8.50. The maximum absolute atomic E-state index is 12.2. The van der Waals surface area contributed by atoms with Crippen LogP contribution in [0.1, 0.15) is 55.2 Å². The zero-order valence-electron chi connectivity index (χ0n) is 15.3. The molecule has 0 saturated carbocycles. The van der Waals surface area contributed by atoms with Crippen LogP contribution in [0.4, 0.5) is 0 Å². The molecule has 4 nitrogen and oxygen atoms in total. The highest BCUT2D eigenvalue weighted by atomic mass is 16.2. The highest BCUT2D eigenvalue weighted by Crippen LogP contribution is 2.22. The molecule has 0 saturated heterocycles. The molecular formula is C21H26N2O2. The lowest BCUT2D eigenvalue weighted by Crippen LogP contribution is -2.38. The van der Waals surface area contributed by atoms with Crippen molar-refractivity contribution in [1.29, 1.82) is 0 Å². The molecule has 25 heavy (non-hydrogen) atoms. The Morgan fingerprint density at radius 2 is 1.56 bits per heavy atom. The molecule has 0 spiro atoms. The second kappa shape index (κ2) is 7.97. The summed E-state index contributed by atoms with van der Waals surface area (Å²) >= 11 is 0. The van der Waals surface area contributed by atoms with Crippen molar-refractivity contribution in [3.05, 3.63) is 71.3 Å². The van der Waals surface area contributed by atoms with Crippen LogP contribution in [-0.4, -0.2) is 18.4 Å². The molecule has 1 unspecified atom stereocenters. The van der Waals surface area contributed by atoms with Crippen LogP contribution in [0.3, 0.4) is 0 Å². The van der Waals surface area contributed by atoms with Crippen LogP contribution in [0.5, 0.6) is 0 Å². The van der Waals surface area contributed by atoms with Crippen LogP contribution in [0, 0.1) is 0 Å². The Labute approximate surface area is 149 Å². The number of nitrogens with one attached hydrogen (secondary N) is 2. The van der Waals surface area contributed by atoms with Gasteiger partial charge in [0.2, 0.25) is 5.91 Å². The summed E-state index contributed by atoms with van der Waals surface area (Å²) in [6.45, 7) is 8.25. The lowest BCUT2D eigenvalue weighted by molar-refractivity contribution is -0.120. The molecule has 0 radical (unpaired) electrons. The van der Waals surface area contributed by atoms with Crippen molar-refractivity contribution in [1.82, 2.24) is 10.6 Å². The summed E-state index contributed by atoms with van der Waals surface area (Å²) < 4.78 is 0. The Morgan fingerprint density at radius 1 is 0.960 bits per heavy atom. The first-order chi connectivity index (χ1) is 11.8. The molecule has 0 aliphatic heterocycles. The molecule has 2 aromatic carbocycles. The smallest absolute Gasteiger partial charge is 0.251 e. The van der Waals surface area contributed by atoms with Crippen LogP contribution < -0.4 is 10.6 Å². The van der Waals surface area contributed by atoms with E-state index in [4.69, 9.17) is 0 Å². The minimum absolute atomic E-state index is 0.0441. The van der Waals surface area contributed by atoms with E-state index in [-0.39, 0.29) is 29.8 Å². The van der Waals surface area contributed by atoms with E-state index in [2.05, 4.69) is 31.4 Å². The van der Waals surface area contributed by atoms with E-state index in [0.717, 1.165) is 5.56 Å². The van der Waals surface area contributed by atoms with Gasteiger partial charge in [-0.25, -0.2) is 0 Å². The average Bonchev–Trinajstić information content (AvgIpc) is 2.59. The molecule has 0 bridgehead atoms. The first-order valence-electron chi connectivity index (χ1n) is 8.50. The van der Waals surface area contributed by atoms with Crippen LogP contribution >= 0.6 is 0 Å². The Hall–Kier alpha value is -2.62. The van der Waals surface area contributed by atoms with Gasteiger partial charge >= 0.3 is 0 Å². The molecule has 2 amide bonds. The van der Waals surface area contributed by atoms with Gasteiger partial charge in [-0.2, -0.15) is 0 Å². The molecule has 0 aliphatic rings. The van der Waals surface area contributed by atoms with Gasteiger partial charge in [0, 0.05) is 5.56 Å². The fourth-order valence-electron chi connectivity index (χ4n) is 2.50. The highest BCUT2D eigenvalue weighted by molar-refractivity contribution is 5.96. The SMILES string of the molecule is CC(NC(=O)CNC(=O)c1ccc(C(C)(C)C)cc1)c1ccccc1. The first kappa shape index (κ1) is 18.7. The Kier molecular flexibility index (Phi) is 5.97. The number of carbonyl (C=O) groups is 2. The Bertz CT molecular complexity index is 716. The van der Waals surface area contributed by atoms with E-state index < -0.39 is 0 Å². The normalized spacial score (nSPS) is 12.3. The topological polar surface area (TPSA) is 58.2 Å². The minimum Gasteiger partial charge on any atom is -0.348 e. The fourth-order valence-corrected chi connectivity index (χ4v) is 2.50. The van der Waals surface area contributed by atoms with Crippen molar-refractivity contribution in [3.63, 3.8) is 0 Å².